The lowest BCUT2D eigenvalue weighted by Gasteiger charge is -2.28. The van der Waals surface area contributed by atoms with Crippen LogP contribution in [0.1, 0.15) is 35.1 Å². The molecule has 1 amide bonds. The minimum atomic E-state index is -0.246. The Morgan fingerprint density at radius 3 is 2.90 bits per heavy atom. The molecule has 1 N–H and O–H groups in total. The van der Waals surface area contributed by atoms with Gasteiger partial charge in [-0.15, -0.1) is 11.3 Å². The van der Waals surface area contributed by atoms with Crippen LogP contribution in [0, 0.1) is 12.8 Å². The van der Waals surface area contributed by atoms with E-state index in [0.29, 0.717) is 12.5 Å². The summed E-state index contributed by atoms with van der Waals surface area (Å²) in [7, 11) is 3.63. The summed E-state index contributed by atoms with van der Waals surface area (Å²) in [5, 5.41) is 8.43. The number of carbonyl (C=O) groups excluding carboxylic acids is 1. The van der Waals surface area contributed by atoms with Crippen LogP contribution in [0.2, 0.25) is 0 Å². The summed E-state index contributed by atoms with van der Waals surface area (Å²) in [6.45, 7) is 4.59. The lowest BCUT2D eigenvalue weighted by atomic mass is 10.0. The van der Waals surface area contributed by atoms with Crippen molar-refractivity contribution in [2.75, 3.05) is 13.7 Å². The Balaban J connectivity index is 1.73. The smallest absolute Gasteiger partial charge is 0.261 e. The molecule has 6 heteroatoms. The molecule has 3 rings (SSSR count). The zero-order valence-electron chi connectivity index (χ0n) is 12.9. The molecule has 114 valence electrons. The number of aryl methyl sites for hydroxylation is 2. The van der Waals surface area contributed by atoms with E-state index < -0.39 is 0 Å². The lowest BCUT2D eigenvalue weighted by Crippen LogP contribution is -2.43. The fourth-order valence-corrected chi connectivity index (χ4v) is 3.78. The molecule has 1 saturated carbocycles. The van der Waals surface area contributed by atoms with Gasteiger partial charge in [0.05, 0.1) is 16.2 Å². The maximum atomic E-state index is 12.4. The Morgan fingerprint density at radius 2 is 2.33 bits per heavy atom. The van der Waals surface area contributed by atoms with Crippen LogP contribution in [0.5, 0.6) is 0 Å². The molecule has 0 aromatic carbocycles. The molecular formula is C15H21N3O2S. The monoisotopic (exact) mass is 307 g/mol. The highest BCUT2D eigenvalue weighted by Crippen LogP contribution is 2.41. The molecule has 2 heterocycles. The van der Waals surface area contributed by atoms with Gasteiger partial charge in [-0.25, -0.2) is 0 Å². The van der Waals surface area contributed by atoms with E-state index in [1.165, 1.54) is 24.2 Å². The molecule has 21 heavy (non-hydrogen) atoms. The van der Waals surface area contributed by atoms with Crippen LogP contribution in [0.4, 0.5) is 0 Å². The first kappa shape index (κ1) is 14.5. The van der Waals surface area contributed by atoms with Crippen molar-refractivity contribution < 1.29 is 9.53 Å². The number of hydrogen-bond donors (Lipinski definition) is 1. The number of nitrogens with zero attached hydrogens (tertiary/aromatic N) is 2. The Kier molecular flexibility index (Phi) is 3.53. The summed E-state index contributed by atoms with van der Waals surface area (Å²) < 4.78 is 7.43. The van der Waals surface area contributed by atoms with E-state index in [4.69, 9.17) is 4.74 Å². The van der Waals surface area contributed by atoms with Crippen molar-refractivity contribution in [3.8, 4) is 0 Å². The zero-order chi connectivity index (χ0) is 15.2. The van der Waals surface area contributed by atoms with Gasteiger partial charge in [0.1, 0.15) is 4.83 Å². The third-order valence-corrected chi connectivity index (χ3v) is 5.63. The highest BCUT2D eigenvalue weighted by Gasteiger charge is 2.42. The van der Waals surface area contributed by atoms with Crippen LogP contribution in [0.3, 0.4) is 0 Å². The van der Waals surface area contributed by atoms with E-state index >= 15 is 0 Å². The first-order chi connectivity index (χ1) is 9.94. The van der Waals surface area contributed by atoms with Crippen LogP contribution in [-0.2, 0) is 11.8 Å². The normalized spacial score (nSPS) is 17.9. The maximum Gasteiger partial charge on any atom is 0.261 e. The summed E-state index contributed by atoms with van der Waals surface area (Å²) in [5.74, 6) is 0.538. The third-order valence-electron chi connectivity index (χ3n) is 4.43. The summed E-state index contributed by atoms with van der Waals surface area (Å²) in [6, 6.07) is 1.93. The number of thiophene rings is 1. The first-order valence-corrected chi connectivity index (χ1v) is 8.03. The maximum absolute atomic E-state index is 12.4. The number of hydrogen-bond acceptors (Lipinski definition) is 4. The lowest BCUT2D eigenvalue weighted by molar-refractivity contribution is -0.0112. The Hall–Kier alpha value is -1.40. The van der Waals surface area contributed by atoms with Crippen molar-refractivity contribution in [1.29, 1.82) is 0 Å². The number of ether oxygens (including phenoxy) is 1. The molecule has 1 atom stereocenters. The molecule has 0 bridgehead atoms. The molecule has 1 aliphatic rings. The topological polar surface area (TPSA) is 56.1 Å². The Morgan fingerprint density at radius 1 is 1.62 bits per heavy atom. The molecule has 0 radical (unpaired) electrons. The molecular weight excluding hydrogens is 286 g/mol. The van der Waals surface area contributed by atoms with Crippen molar-refractivity contribution >= 4 is 27.5 Å². The van der Waals surface area contributed by atoms with Gasteiger partial charge < -0.3 is 10.1 Å². The molecule has 2 aromatic heterocycles. The minimum Gasteiger partial charge on any atom is -0.376 e. The molecule has 0 unspecified atom stereocenters. The van der Waals surface area contributed by atoms with Gasteiger partial charge in [0.2, 0.25) is 0 Å². The van der Waals surface area contributed by atoms with Gasteiger partial charge in [-0.05, 0) is 38.7 Å². The third kappa shape index (κ3) is 2.58. The summed E-state index contributed by atoms with van der Waals surface area (Å²) in [6.07, 6.45) is 2.38. The summed E-state index contributed by atoms with van der Waals surface area (Å²) in [4.78, 5) is 14.1. The summed E-state index contributed by atoms with van der Waals surface area (Å²) in [5.41, 5.74) is 0.714. The minimum absolute atomic E-state index is 0.0282. The second-order valence-corrected chi connectivity index (χ2v) is 7.04. The number of rotatable bonds is 5. The van der Waals surface area contributed by atoms with Gasteiger partial charge >= 0.3 is 0 Å². The fraction of sp³-hybridized carbons (Fsp3) is 0.600. The van der Waals surface area contributed by atoms with Gasteiger partial charge in [0.25, 0.3) is 5.91 Å². The molecule has 1 fully saturated rings. The van der Waals surface area contributed by atoms with Crippen LogP contribution in [-0.4, -0.2) is 34.9 Å². The number of amides is 1. The van der Waals surface area contributed by atoms with Crippen LogP contribution < -0.4 is 5.32 Å². The molecule has 0 saturated heterocycles. The molecule has 0 spiro atoms. The van der Waals surface area contributed by atoms with E-state index in [1.807, 2.05) is 24.7 Å². The Bertz CT molecular complexity index is 652. The van der Waals surface area contributed by atoms with E-state index in [0.717, 1.165) is 20.8 Å². The number of carbonyl (C=O) groups is 1. The predicted molar refractivity (Wildman–Crippen MR) is 83.8 cm³/mol. The second-order valence-electron chi connectivity index (χ2n) is 6.01. The van der Waals surface area contributed by atoms with Crippen molar-refractivity contribution in [3.63, 3.8) is 0 Å². The second kappa shape index (κ2) is 5.10. The molecule has 0 aliphatic heterocycles. The number of fused-ring (bicyclic) bond motifs is 1. The highest BCUT2D eigenvalue weighted by atomic mass is 32.1. The van der Waals surface area contributed by atoms with Crippen molar-refractivity contribution in [2.24, 2.45) is 13.0 Å². The predicted octanol–water partition coefficient (Wildman–Crippen LogP) is 2.49. The van der Waals surface area contributed by atoms with E-state index in [-0.39, 0.29) is 11.5 Å². The quantitative estimate of drug-likeness (QED) is 0.923. The van der Waals surface area contributed by atoms with E-state index in [2.05, 4.69) is 17.3 Å². The van der Waals surface area contributed by atoms with Crippen molar-refractivity contribution in [3.05, 3.63) is 16.6 Å². The summed E-state index contributed by atoms with van der Waals surface area (Å²) >= 11 is 1.48. The number of nitrogens with one attached hydrogen (secondary N) is 1. The van der Waals surface area contributed by atoms with Crippen LogP contribution >= 0.6 is 11.3 Å². The fourth-order valence-electron chi connectivity index (χ4n) is 2.74. The van der Waals surface area contributed by atoms with Crippen LogP contribution in [0.25, 0.3) is 10.2 Å². The molecule has 1 aliphatic carbocycles. The zero-order valence-corrected chi connectivity index (χ0v) is 13.7. The van der Waals surface area contributed by atoms with Crippen molar-refractivity contribution in [2.45, 2.75) is 32.3 Å². The average Bonchev–Trinajstić information content (AvgIpc) is 3.17. The standard InChI is InChI=1S/C15H21N3O2S/c1-9-11-7-12(21-14(11)18(3)17-9)13(19)16-8-15(2,20-4)10-5-6-10/h7,10H,5-6,8H2,1-4H3,(H,16,19)/t15-/m0/s1. The van der Waals surface area contributed by atoms with E-state index in [9.17, 15) is 4.79 Å². The van der Waals surface area contributed by atoms with Gasteiger partial charge in [0, 0.05) is 26.1 Å². The Labute approximate surface area is 128 Å². The first-order valence-electron chi connectivity index (χ1n) is 7.21. The number of methoxy groups -OCH3 is 1. The SMILES string of the molecule is CO[C@@](C)(CNC(=O)c1cc2c(C)nn(C)c2s1)C1CC1. The number of aromatic nitrogens is 2. The molecule has 5 nitrogen and oxygen atoms in total. The largest absolute Gasteiger partial charge is 0.376 e. The van der Waals surface area contributed by atoms with Gasteiger partial charge in [-0.1, -0.05) is 0 Å². The van der Waals surface area contributed by atoms with E-state index in [1.54, 1.807) is 7.11 Å². The molecule has 2 aromatic rings. The highest BCUT2D eigenvalue weighted by molar-refractivity contribution is 7.20. The van der Waals surface area contributed by atoms with Gasteiger partial charge in [-0.2, -0.15) is 5.10 Å². The van der Waals surface area contributed by atoms with Crippen molar-refractivity contribution in [1.82, 2.24) is 15.1 Å². The van der Waals surface area contributed by atoms with Gasteiger partial charge in [0.15, 0.2) is 0 Å². The average molecular weight is 307 g/mol. The van der Waals surface area contributed by atoms with Gasteiger partial charge in [-0.3, -0.25) is 9.48 Å². The van der Waals surface area contributed by atoms with Crippen LogP contribution in [0.15, 0.2) is 6.07 Å².